The monoisotopic (exact) mass is 204 g/mol. The van der Waals surface area contributed by atoms with Gasteiger partial charge < -0.3 is 10.2 Å². The summed E-state index contributed by atoms with van der Waals surface area (Å²) < 4.78 is 0. The third-order valence-corrected chi connectivity index (χ3v) is 2.27. The van der Waals surface area contributed by atoms with Crippen LogP contribution in [0.5, 0.6) is 0 Å². The van der Waals surface area contributed by atoms with Gasteiger partial charge in [0.2, 0.25) is 0 Å². The molecule has 0 amide bonds. The summed E-state index contributed by atoms with van der Waals surface area (Å²) in [5, 5.41) is 3.14. The lowest BCUT2D eigenvalue weighted by atomic mass is 10.2. The topological polar surface area (TPSA) is 15.3 Å². The Morgan fingerprint density at radius 2 is 2.00 bits per heavy atom. The standard InChI is InChI=1S/C13H20N2/c1-14-10-12-15(2)11-6-9-13-7-4-3-5-8-13/h3-9,14H,10-12H2,1-2H3. The van der Waals surface area contributed by atoms with Crippen LogP contribution in [0.4, 0.5) is 0 Å². The molecule has 0 aliphatic carbocycles. The van der Waals surface area contributed by atoms with Crippen LogP contribution in [-0.4, -0.2) is 38.6 Å². The highest BCUT2D eigenvalue weighted by Gasteiger charge is 1.92. The van der Waals surface area contributed by atoms with Gasteiger partial charge in [-0.2, -0.15) is 0 Å². The minimum atomic E-state index is 0.997. The Bertz CT molecular complexity index is 280. The molecular weight excluding hydrogens is 184 g/mol. The lowest BCUT2D eigenvalue weighted by Gasteiger charge is -2.13. The summed E-state index contributed by atoms with van der Waals surface area (Å²) in [7, 11) is 4.11. The van der Waals surface area contributed by atoms with Gasteiger partial charge in [0.05, 0.1) is 0 Å². The lowest BCUT2D eigenvalue weighted by molar-refractivity contribution is 0.371. The molecular formula is C13H20N2. The molecule has 15 heavy (non-hydrogen) atoms. The predicted molar refractivity (Wildman–Crippen MR) is 66.9 cm³/mol. The van der Waals surface area contributed by atoms with Crippen LogP contribution in [0.15, 0.2) is 36.4 Å². The number of hydrogen-bond acceptors (Lipinski definition) is 2. The number of nitrogens with one attached hydrogen (secondary N) is 1. The van der Waals surface area contributed by atoms with Gasteiger partial charge in [-0.25, -0.2) is 0 Å². The van der Waals surface area contributed by atoms with E-state index in [-0.39, 0.29) is 0 Å². The van der Waals surface area contributed by atoms with Crippen molar-refractivity contribution in [3.63, 3.8) is 0 Å². The predicted octanol–water partition coefficient (Wildman–Crippen LogP) is 1.85. The van der Waals surface area contributed by atoms with Gasteiger partial charge in [-0.05, 0) is 19.7 Å². The Morgan fingerprint density at radius 3 is 2.67 bits per heavy atom. The summed E-state index contributed by atoms with van der Waals surface area (Å²) in [6, 6.07) is 10.4. The highest BCUT2D eigenvalue weighted by molar-refractivity contribution is 5.48. The van der Waals surface area contributed by atoms with E-state index in [2.05, 4.69) is 53.7 Å². The van der Waals surface area contributed by atoms with E-state index >= 15 is 0 Å². The van der Waals surface area contributed by atoms with E-state index in [1.807, 2.05) is 13.1 Å². The number of hydrogen-bond donors (Lipinski definition) is 1. The van der Waals surface area contributed by atoms with Crippen molar-refractivity contribution in [2.24, 2.45) is 0 Å². The smallest absolute Gasteiger partial charge is 0.0163 e. The van der Waals surface area contributed by atoms with Crippen LogP contribution < -0.4 is 5.32 Å². The molecule has 0 aliphatic rings. The van der Waals surface area contributed by atoms with Crippen molar-refractivity contribution < 1.29 is 0 Å². The van der Waals surface area contributed by atoms with Crippen LogP contribution in [0.3, 0.4) is 0 Å². The minimum absolute atomic E-state index is 0.997. The molecule has 2 heteroatoms. The fraction of sp³-hybridized carbons (Fsp3) is 0.385. The van der Waals surface area contributed by atoms with Crippen LogP contribution in [0.1, 0.15) is 5.56 Å². The van der Waals surface area contributed by atoms with Crippen LogP contribution in [-0.2, 0) is 0 Å². The van der Waals surface area contributed by atoms with Gasteiger partial charge in [-0.3, -0.25) is 0 Å². The molecule has 0 bridgehead atoms. The normalized spacial score (nSPS) is 11.4. The van der Waals surface area contributed by atoms with Gasteiger partial charge in [-0.15, -0.1) is 0 Å². The highest BCUT2D eigenvalue weighted by atomic mass is 15.1. The molecule has 0 aromatic heterocycles. The molecule has 0 heterocycles. The van der Waals surface area contributed by atoms with Crippen molar-refractivity contribution in [3.05, 3.63) is 42.0 Å². The average molecular weight is 204 g/mol. The first-order valence-electron chi connectivity index (χ1n) is 5.37. The Labute approximate surface area is 92.6 Å². The van der Waals surface area contributed by atoms with E-state index in [1.54, 1.807) is 0 Å². The second-order valence-corrected chi connectivity index (χ2v) is 3.68. The van der Waals surface area contributed by atoms with E-state index in [4.69, 9.17) is 0 Å². The van der Waals surface area contributed by atoms with Crippen molar-refractivity contribution in [1.82, 2.24) is 10.2 Å². The number of benzene rings is 1. The quantitative estimate of drug-likeness (QED) is 0.761. The molecule has 0 atom stereocenters. The summed E-state index contributed by atoms with van der Waals surface area (Å²) in [5.74, 6) is 0. The van der Waals surface area contributed by atoms with Crippen molar-refractivity contribution in [2.75, 3.05) is 33.7 Å². The fourth-order valence-corrected chi connectivity index (χ4v) is 1.33. The molecule has 1 N–H and O–H groups in total. The van der Waals surface area contributed by atoms with Crippen molar-refractivity contribution in [2.45, 2.75) is 0 Å². The largest absolute Gasteiger partial charge is 0.318 e. The van der Waals surface area contributed by atoms with E-state index < -0.39 is 0 Å². The summed E-state index contributed by atoms with van der Waals surface area (Å²) >= 11 is 0. The molecule has 0 aliphatic heterocycles. The van der Waals surface area contributed by atoms with Gasteiger partial charge in [0.15, 0.2) is 0 Å². The van der Waals surface area contributed by atoms with E-state index in [0.717, 1.165) is 19.6 Å². The Kier molecular flexibility index (Phi) is 5.74. The summed E-state index contributed by atoms with van der Waals surface area (Å²) in [6.45, 7) is 3.11. The summed E-state index contributed by atoms with van der Waals surface area (Å²) in [5.41, 5.74) is 1.26. The number of rotatable bonds is 6. The fourth-order valence-electron chi connectivity index (χ4n) is 1.33. The molecule has 0 fully saturated rings. The van der Waals surface area contributed by atoms with Gasteiger partial charge >= 0.3 is 0 Å². The molecule has 0 radical (unpaired) electrons. The van der Waals surface area contributed by atoms with Crippen molar-refractivity contribution in [1.29, 1.82) is 0 Å². The maximum absolute atomic E-state index is 3.14. The Balaban J connectivity index is 2.27. The summed E-state index contributed by atoms with van der Waals surface area (Å²) in [4.78, 5) is 2.29. The third kappa shape index (κ3) is 5.35. The summed E-state index contributed by atoms with van der Waals surface area (Å²) in [6.07, 6.45) is 4.36. The third-order valence-electron chi connectivity index (χ3n) is 2.27. The lowest BCUT2D eigenvalue weighted by Crippen LogP contribution is -2.27. The second kappa shape index (κ2) is 7.21. The maximum atomic E-state index is 3.14. The van der Waals surface area contributed by atoms with E-state index in [1.165, 1.54) is 5.56 Å². The van der Waals surface area contributed by atoms with Gasteiger partial charge in [0.25, 0.3) is 0 Å². The van der Waals surface area contributed by atoms with Gasteiger partial charge in [0, 0.05) is 19.6 Å². The zero-order valence-corrected chi connectivity index (χ0v) is 9.61. The molecule has 0 saturated carbocycles. The first-order valence-corrected chi connectivity index (χ1v) is 5.37. The molecule has 1 aromatic rings. The van der Waals surface area contributed by atoms with Crippen molar-refractivity contribution >= 4 is 6.08 Å². The Morgan fingerprint density at radius 1 is 1.27 bits per heavy atom. The Hall–Kier alpha value is -1.12. The van der Waals surface area contributed by atoms with Gasteiger partial charge in [-0.1, -0.05) is 42.5 Å². The maximum Gasteiger partial charge on any atom is 0.0163 e. The molecule has 82 valence electrons. The number of likely N-dealkylation sites (N-methyl/N-ethyl adjacent to an activating group) is 2. The van der Waals surface area contributed by atoms with Crippen LogP contribution in [0.2, 0.25) is 0 Å². The molecule has 1 aromatic carbocycles. The molecule has 2 nitrogen and oxygen atoms in total. The SMILES string of the molecule is CNCCN(C)CC=Cc1ccccc1. The number of nitrogens with zero attached hydrogens (tertiary/aromatic N) is 1. The van der Waals surface area contributed by atoms with Crippen LogP contribution in [0, 0.1) is 0 Å². The second-order valence-electron chi connectivity index (χ2n) is 3.68. The first kappa shape index (κ1) is 12.0. The van der Waals surface area contributed by atoms with Crippen LogP contribution >= 0.6 is 0 Å². The highest BCUT2D eigenvalue weighted by Crippen LogP contribution is 2.00. The minimum Gasteiger partial charge on any atom is -0.318 e. The zero-order chi connectivity index (χ0) is 10.9. The molecule has 0 spiro atoms. The van der Waals surface area contributed by atoms with Gasteiger partial charge in [0.1, 0.15) is 0 Å². The average Bonchev–Trinajstić information content (AvgIpc) is 2.28. The molecule has 0 unspecified atom stereocenters. The van der Waals surface area contributed by atoms with E-state index in [0.29, 0.717) is 0 Å². The van der Waals surface area contributed by atoms with E-state index in [9.17, 15) is 0 Å². The first-order chi connectivity index (χ1) is 7.33. The van der Waals surface area contributed by atoms with Crippen LogP contribution in [0.25, 0.3) is 6.08 Å². The molecule has 1 rings (SSSR count). The van der Waals surface area contributed by atoms with Crippen molar-refractivity contribution in [3.8, 4) is 0 Å². The zero-order valence-electron chi connectivity index (χ0n) is 9.61. The molecule has 0 saturated heterocycles.